The van der Waals surface area contributed by atoms with E-state index in [2.05, 4.69) is 10.6 Å². The molecule has 2 aliphatic rings. The summed E-state index contributed by atoms with van der Waals surface area (Å²) in [5, 5.41) is 13.7. The highest BCUT2D eigenvalue weighted by Gasteiger charge is 2.45. The number of benzene rings is 1. The van der Waals surface area contributed by atoms with Crippen molar-refractivity contribution in [1.82, 2.24) is 10.2 Å². The lowest BCUT2D eigenvalue weighted by Gasteiger charge is -2.27. The first kappa shape index (κ1) is 36.0. The molecule has 1 aromatic carbocycles. The van der Waals surface area contributed by atoms with Crippen LogP contribution in [0.15, 0.2) is 18.2 Å². The highest BCUT2D eigenvalue weighted by molar-refractivity contribution is 6.25. The molecule has 250 valence electrons. The number of anilines is 1. The molecule has 2 heterocycles. The third-order valence-electron chi connectivity index (χ3n) is 6.49. The quantitative estimate of drug-likeness (QED) is 0.0931. The number of carboxylic acid groups (broad SMARTS) is 1. The van der Waals surface area contributed by atoms with E-state index in [4.69, 9.17) is 38.3 Å². The number of hydrogen-bond donors (Lipinski definition) is 3. The molecule has 1 aromatic rings. The normalized spacial score (nSPS) is 16.3. The Morgan fingerprint density at radius 1 is 0.756 bits per heavy atom. The molecule has 16 heteroatoms. The van der Waals surface area contributed by atoms with Crippen LogP contribution in [0, 0.1) is 0 Å². The number of piperidine rings is 1. The maximum Gasteiger partial charge on any atom is 0.329 e. The van der Waals surface area contributed by atoms with Crippen molar-refractivity contribution in [2.24, 2.45) is 0 Å². The van der Waals surface area contributed by atoms with Crippen LogP contribution >= 0.6 is 0 Å². The van der Waals surface area contributed by atoms with Crippen LogP contribution in [0.2, 0.25) is 0 Å². The lowest BCUT2D eigenvalue weighted by Crippen LogP contribution is -2.54. The number of nitrogens with one attached hydrogen (secondary N) is 2. The predicted molar refractivity (Wildman–Crippen MR) is 155 cm³/mol. The summed E-state index contributed by atoms with van der Waals surface area (Å²) in [4.78, 5) is 60.9. The Bertz CT molecular complexity index is 1130. The number of imide groups is 2. The maximum absolute atomic E-state index is 13.1. The van der Waals surface area contributed by atoms with Crippen LogP contribution in [0.1, 0.15) is 33.6 Å². The van der Waals surface area contributed by atoms with Gasteiger partial charge in [-0.05, 0) is 18.6 Å². The zero-order valence-corrected chi connectivity index (χ0v) is 25.1. The molecular formula is C29H41N3O13. The Morgan fingerprint density at radius 3 is 1.78 bits per heavy atom. The van der Waals surface area contributed by atoms with E-state index in [-0.39, 0.29) is 37.2 Å². The minimum atomic E-state index is -1.01. The molecule has 0 spiro atoms. The first-order valence-corrected chi connectivity index (χ1v) is 14.7. The van der Waals surface area contributed by atoms with Crippen LogP contribution in [0.25, 0.3) is 0 Å². The number of hydrogen-bond acceptors (Lipinski definition) is 13. The van der Waals surface area contributed by atoms with Gasteiger partial charge in [0.15, 0.2) is 0 Å². The SMILES string of the molecule is O=C(O)COCCOCCOCCOCCOCCOCCOCCNc1cccc2c1C(=O)N(C1CCC(=O)NC1=O)C2=O. The number of nitrogens with zero attached hydrogens (tertiary/aromatic N) is 1. The summed E-state index contributed by atoms with van der Waals surface area (Å²) in [7, 11) is 0. The number of carbonyl (C=O) groups excluding carboxylic acids is 4. The van der Waals surface area contributed by atoms with E-state index in [9.17, 15) is 24.0 Å². The Labute approximate surface area is 260 Å². The van der Waals surface area contributed by atoms with Crippen molar-refractivity contribution in [2.75, 3.05) is 104 Å². The second kappa shape index (κ2) is 20.5. The largest absolute Gasteiger partial charge is 0.480 e. The Balaban J connectivity index is 1.13. The molecule has 16 nitrogen and oxygen atoms in total. The lowest BCUT2D eigenvalue weighted by molar-refractivity contribution is -0.143. The second-order valence-electron chi connectivity index (χ2n) is 9.72. The van der Waals surface area contributed by atoms with Crippen molar-refractivity contribution in [3.05, 3.63) is 29.3 Å². The Morgan fingerprint density at radius 2 is 1.27 bits per heavy atom. The first-order chi connectivity index (χ1) is 21.9. The van der Waals surface area contributed by atoms with Gasteiger partial charge in [0.25, 0.3) is 11.8 Å². The van der Waals surface area contributed by atoms with Gasteiger partial charge in [-0.1, -0.05) is 6.07 Å². The summed E-state index contributed by atoms with van der Waals surface area (Å²) < 4.78 is 37.3. The average Bonchev–Trinajstić information content (AvgIpc) is 3.27. The van der Waals surface area contributed by atoms with Crippen molar-refractivity contribution in [2.45, 2.75) is 18.9 Å². The number of carbonyl (C=O) groups is 5. The molecule has 1 saturated heterocycles. The summed E-state index contributed by atoms with van der Waals surface area (Å²) in [6, 6.07) is 3.87. The third kappa shape index (κ3) is 12.4. The molecule has 1 unspecified atom stereocenters. The van der Waals surface area contributed by atoms with E-state index in [0.717, 1.165) is 4.90 Å². The van der Waals surface area contributed by atoms with Crippen molar-refractivity contribution in [3.8, 4) is 0 Å². The minimum absolute atomic E-state index is 0.0622. The Kier molecular flexibility index (Phi) is 16.4. The van der Waals surface area contributed by atoms with Gasteiger partial charge in [0.2, 0.25) is 11.8 Å². The van der Waals surface area contributed by atoms with E-state index in [1.54, 1.807) is 18.2 Å². The van der Waals surface area contributed by atoms with Gasteiger partial charge in [-0.2, -0.15) is 0 Å². The number of amides is 4. The maximum atomic E-state index is 13.1. The first-order valence-electron chi connectivity index (χ1n) is 14.7. The number of carboxylic acids is 1. The molecular weight excluding hydrogens is 598 g/mol. The summed E-state index contributed by atoms with van der Waals surface area (Å²) in [5.74, 6) is -3.20. The molecule has 3 N–H and O–H groups in total. The number of ether oxygens (including phenoxy) is 7. The molecule has 0 bridgehead atoms. The molecule has 1 fully saturated rings. The molecule has 0 aliphatic carbocycles. The summed E-state index contributed by atoms with van der Waals surface area (Å²) >= 11 is 0. The topological polar surface area (TPSA) is 197 Å². The van der Waals surface area contributed by atoms with E-state index < -0.39 is 35.6 Å². The van der Waals surface area contributed by atoms with Crippen LogP contribution in [0.5, 0.6) is 0 Å². The zero-order valence-electron chi connectivity index (χ0n) is 25.1. The average molecular weight is 640 g/mol. The fourth-order valence-electron chi connectivity index (χ4n) is 4.40. The number of rotatable bonds is 25. The van der Waals surface area contributed by atoms with Crippen molar-refractivity contribution in [1.29, 1.82) is 0 Å². The summed E-state index contributed by atoms with van der Waals surface area (Å²) in [5.41, 5.74) is 0.887. The molecule has 1 atom stereocenters. The molecule has 3 rings (SSSR count). The van der Waals surface area contributed by atoms with Gasteiger partial charge in [0.1, 0.15) is 12.6 Å². The van der Waals surface area contributed by atoms with Crippen LogP contribution in [-0.4, -0.2) is 145 Å². The van der Waals surface area contributed by atoms with Crippen LogP contribution < -0.4 is 10.6 Å². The summed E-state index contributed by atoms with van der Waals surface area (Å²) in [6.07, 6.45) is 0.162. The lowest BCUT2D eigenvalue weighted by atomic mass is 10.0. The monoisotopic (exact) mass is 639 g/mol. The third-order valence-corrected chi connectivity index (χ3v) is 6.49. The predicted octanol–water partition coefficient (Wildman–Crippen LogP) is -0.299. The van der Waals surface area contributed by atoms with Crippen molar-refractivity contribution < 1.29 is 62.2 Å². The molecule has 45 heavy (non-hydrogen) atoms. The standard InChI is InChI=1S/C29H41N3O13/c33-24-5-4-23(27(36)31-24)32-28(37)21-2-1-3-22(26(21)29(32)38)30-6-7-39-8-9-40-10-11-41-12-13-42-14-15-43-16-17-44-18-19-45-20-25(34)35/h1-3,23,30H,4-20H2,(H,34,35)(H,31,33,36). The van der Waals surface area contributed by atoms with Gasteiger partial charge >= 0.3 is 5.97 Å². The molecule has 2 aliphatic heterocycles. The van der Waals surface area contributed by atoms with E-state index >= 15 is 0 Å². The molecule has 0 radical (unpaired) electrons. The van der Waals surface area contributed by atoms with Crippen molar-refractivity contribution in [3.63, 3.8) is 0 Å². The van der Waals surface area contributed by atoms with Crippen LogP contribution in [-0.2, 0) is 47.5 Å². The summed E-state index contributed by atoms with van der Waals surface area (Å²) in [6.45, 7) is 4.95. The molecule has 0 aromatic heterocycles. The van der Waals surface area contributed by atoms with Gasteiger partial charge in [-0.25, -0.2) is 4.79 Å². The molecule has 0 saturated carbocycles. The number of fused-ring (bicyclic) bond motifs is 1. The van der Waals surface area contributed by atoms with E-state index in [0.29, 0.717) is 91.5 Å². The van der Waals surface area contributed by atoms with E-state index in [1.165, 1.54) is 0 Å². The highest BCUT2D eigenvalue weighted by atomic mass is 16.6. The molecule has 4 amide bonds. The van der Waals surface area contributed by atoms with Crippen molar-refractivity contribution >= 4 is 35.3 Å². The minimum Gasteiger partial charge on any atom is -0.480 e. The van der Waals surface area contributed by atoms with Gasteiger partial charge < -0.3 is 43.6 Å². The fourth-order valence-corrected chi connectivity index (χ4v) is 4.40. The number of aliphatic carboxylic acids is 1. The van der Waals surface area contributed by atoms with Crippen LogP contribution in [0.3, 0.4) is 0 Å². The van der Waals surface area contributed by atoms with Gasteiger partial charge in [0, 0.05) is 18.7 Å². The zero-order chi connectivity index (χ0) is 32.3. The second-order valence-corrected chi connectivity index (χ2v) is 9.72. The van der Waals surface area contributed by atoms with E-state index in [1.807, 2.05) is 0 Å². The van der Waals surface area contributed by atoms with Crippen LogP contribution in [0.4, 0.5) is 5.69 Å². The van der Waals surface area contributed by atoms with Gasteiger partial charge in [-0.3, -0.25) is 29.4 Å². The Hall–Kier alpha value is -3.51. The highest BCUT2D eigenvalue weighted by Crippen LogP contribution is 2.32. The fraction of sp³-hybridized carbons (Fsp3) is 0.621. The van der Waals surface area contributed by atoms with Gasteiger partial charge in [-0.15, -0.1) is 0 Å². The smallest absolute Gasteiger partial charge is 0.329 e. The van der Waals surface area contributed by atoms with Gasteiger partial charge in [0.05, 0.1) is 97.0 Å².